The van der Waals surface area contributed by atoms with Crippen molar-refractivity contribution in [2.45, 2.75) is 39.2 Å². The number of ketones is 1. The minimum atomic E-state index is -0.364. The largest absolute Gasteiger partial charge is 0.491 e. The molecule has 1 heterocycles. The Morgan fingerprint density at radius 1 is 1.45 bits per heavy atom. The van der Waals surface area contributed by atoms with Crippen molar-refractivity contribution < 1.29 is 13.9 Å². The van der Waals surface area contributed by atoms with Crippen LogP contribution in [0.15, 0.2) is 12.1 Å². The van der Waals surface area contributed by atoms with Gasteiger partial charge in [-0.15, -0.1) is 0 Å². The topological polar surface area (TPSA) is 29.5 Å². The maximum Gasteiger partial charge on any atom is 0.163 e. The fraction of sp³-hybridized carbons (Fsp3) is 0.562. The van der Waals surface area contributed by atoms with Gasteiger partial charge in [-0.05, 0) is 58.0 Å². The smallest absolute Gasteiger partial charge is 0.163 e. The molecule has 0 spiro atoms. The number of halogens is 1. The average Bonchev–Trinajstić information content (AvgIpc) is 2.41. The fourth-order valence-electron chi connectivity index (χ4n) is 2.59. The van der Waals surface area contributed by atoms with E-state index >= 15 is 0 Å². The van der Waals surface area contributed by atoms with Crippen LogP contribution in [-0.2, 0) is 0 Å². The van der Waals surface area contributed by atoms with Crippen molar-refractivity contribution in [3.8, 4) is 5.75 Å². The first kappa shape index (κ1) is 15.0. The van der Waals surface area contributed by atoms with Gasteiger partial charge >= 0.3 is 0 Å². The Kier molecular flexibility index (Phi) is 4.76. The third kappa shape index (κ3) is 3.37. The number of rotatable bonds is 4. The van der Waals surface area contributed by atoms with Crippen LogP contribution in [-0.4, -0.2) is 36.9 Å². The van der Waals surface area contributed by atoms with Crippen LogP contribution < -0.4 is 4.74 Å². The summed E-state index contributed by atoms with van der Waals surface area (Å²) in [6.07, 6.45) is 3.54. The lowest BCUT2D eigenvalue weighted by molar-refractivity contribution is 0.0999. The third-order valence-corrected chi connectivity index (χ3v) is 3.99. The van der Waals surface area contributed by atoms with E-state index in [1.807, 2.05) is 0 Å². The van der Waals surface area contributed by atoms with Crippen molar-refractivity contribution in [3.63, 3.8) is 0 Å². The zero-order valence-corrected chi connectivity index (χ0v) is 12.4. The highest BCUT2D eigenvalue weighted by Crippen LogP contribution is 2.25. The Labute approximate surface area is 119 Å². The van der Waals surface area contributed by atoms with Crippen LogP contribution in [0.25, 0.3) is 0 Å². The van der Waals surface area contributed by atoms with E-state index in [1.165, 1.54) is 25.8 Å². The molecule has 20 heavy (non-hydrogen) atoms. The molecule has 1 aliphatic heterocycles. The summed E-state index contributed by atoms with van der Waals surface area (Å²) in [5.74, 6) is -0.0383. The molecular weight excluding hydrogens is 257 g/mol. The van der Waals surface area contributed by atoms with Gasteiger partial charge in [0.15, 0.2) is 5.78 Å². The number of hydrogen-bond donors (Lipinski definition) is 0. The molecule has 1 aliphatic rings. The van der Waals surface area contributed by atoms with Crippen LogP contribution in [0, 0.1) is 12.7 Å². The Bertz CT molecular complexity index is 501. The van der Waals surface area contributed by atoms with Gasteiger partial charge in [0.2, 0.25) is 0 Å². The summed E-state index contributed by atoms with van der Waals surface area (Å²) in [7, 11) is 2.09. The highest BCUT2D eigenvalue weighted by Gasteiger charge is 2.20. The summed E-state index contributed by atoms with van der Waals surface area (Å²) in [6.45, 7) is 4.74. The lowest BCUT2D eigenvalue weighted by atomic mass is 10.0. The Morgan fingerprint density at radius 3 is 2.85 bits per heavy atom. The predicted molar refractivity (Wildman–Crippen MR) is 76.9 cm³/mol. The number of ether oxygens (including phenoxy) is 1. The first-order valence-corrected chi connectivity index (χ1v) is 7.13. The van der Waals surface area contributed by atoms with Crippen LogP contribution in [0.5, 0.6) is 5.75 Å². The third-order valence-electron chi connectivity index (χ3n) is 3.99. The SMILES string of the molecule is CC(=O)c1cc(F)c(C)cc1OCC1CCCCN1C. The maximum atomic E-state index is 13.6. The molecule has 1 aromatic rings. The zero-order chi connectivity index (χ0) is 14.7. The summed E-state index contributed by atoms with van der Waals surface area (Å²) in [4.78, 5) is 13.9. The van der Waals surface area contributed by atoms with E-state index < -0.39 is 0 Å². The molecule has 4 heteroatoms. The van der Waals surface area contributed by atoms with Gasteiger partial charge < -0.3 is 9.64 Å². The van der Waals surface area contributed by atoms with Crippen molar-refractivity contribution in [2.24, 2.45) is 0 Å². The second-order valence-electron chi connectivity index (χ2n) is 5.59. The number of aryl methyl sites for hydroxylation is 1. The fourth-order valence-corrected chi connectivity index (χ4v) is 2.59. The highest BCUT2D eigenvalue weighted by atomic mass is 19.1. The van der Waals surface area contributed by atoms with Crippen LogP contribution in [0.4, 0.5) is 4.39 Å². The molecule has 1 aromatic carbocycles. The van der Waals surface area contributed by atoms with Crippen molar-refractivity contribution in [3.05, 3.63) is 29.1 Å². The van der Waals surface area contributed by atoms with Gasteiger partial charge in [-0.25, -0.2) is 4.39 Å². The van der Waals surface area contributed by atoms with Crippen LogP contribution >= 0.6 is 0 Å². The molecule has 1 saturated heterocycles. The average molecular weight is 279 g/mol. The molecule has 1 atom stereocenters. The number of nitrogens with zero attached hydrogens (tertiary/aromatic N) is 1. The number of Topliss-reactive ketones (excluding diaryl/α,β-unsaturated/α-hetero) is 1. The number of likely N-dealkylation sites (N-methyl/N-ethyl adjacent to an activating group) is 1. The first-order chi connectivity index (χ1) is 9.49. The summed E-state index contributed by atoms with van der Waals surface area (Å²) in [5, 5.41) is 0. The minimum Gasteiger partial charge on any atom is -0.491 e. The van der Waals surface area contributed by atoms with Gasteiger partial charge in [0.1, 0.15) is 18.2 Å². The molecule has 0 bridgehead atoms. The Hall–Kier alpha value is -1.42. The first-order valence-electron chi connectivity index (χ1n) is 7.13. The number of piperidine rings is 1. The number of benzene rings is 1. The summed E-state index contributed by atoms with van der Waals surface area (Å²) >= 11 is 0. The highest BCUT2D eigenvalue weighted by molar-refractivity contribution is 5.96. The van der Waals surface area contributed by atoms with Crippen molar-refractivity contribution in [1.29, 1.82) is 0 Å². The maximum absolute atomic E-state index is 13.6. The quantitative estimate of drug-likeness (QED) is 0.793. The molecule has 0 N–H and O–H groups in total. The number of carbonyl (C=O) groups is 1. The molecule has 0 saturated carbocycles. The van der Waals surface area contributed by atoms with Crippen molar-refractivity contribution >= 4 is 5.78 Å². The van der Waals surface area contributed by atoms with Crippen molar-refractivity contribution in [1.82, 2.24) is 4.90 Å². The van der Waals surface area contributed by atoms with Crippen molar-refractivity contribution in [2.75, 3.05) is 20.2 Å². The minimum absolute atomic E-state index is 0.170. The van der Waals surface area contributed by atoms with Gasteiger partial charge in [0.05, 0.1) is 5.56 Å². The van der Waals surface area contributed by atoms with E-state index in [-0.39, 0.29) is 11.6 Å². The van der Waals surface area contributed by atoms with E-state index in [1.54, 1.807) is 13.0 Å². The van der Waals surface area contributed by atoms with Crippen LogP contribution in [0.1, 0.15) is 42.1 Å². The number of likely N-dealkylation sites (tertiary alicyclic amines) is 1. The standard InChI is InChI=1S/C16H22FNO2/c1-11-8-16(14(12(2)19)9-15(11)17)20-10-13-6-4-5-7-18(13)3/h8-9,13H,4-7,10H2,1-3H3. The molecule has 1 fully saturated rings. The molecule has 0 amide bonds. The van der Waals surface area contributed by atoms with E-state index in [0.717, 1.165) is 13.0 Å². The molecule has 110 valence electrons. The normalized spacial score (nSPS) is 19.9. The van der Waals surface area contributed by atoms with E-state index in [2.05, 4.69) is 11.9 Å². The second-order valence-corrected chi connectivity index (χ2v) is 5.59. The van der Waals surface area contributed by atoms with Gasteiger partial charge in [-0.2, -0.15) is 0 Å². The molecule has 3 nitrogen and oxygen atoms in total. The summed E-state index contributed by atoms with van der Waals surface area (Å²) in [6, 6.07) is 3.26. The Morgan fingerprint density at radius 2 is 2.20 bits per heavy atom. The molecular formula is C16H22FNO2. The van der Waals surface area contributed by atoms with Gasteiger partial charge in [-0.1, -0.05) is 6.42 Å². The van der Waals surface area contributed by atoms with E-state index in [0.29, 0.717) is 29.5 Å². The zero-order valence-electron chi connectivity index (χ0n) is 12.4. The monoisotopic (exact) mass is 279 g/mol. The summed E-state index contributed by atoms with van der Waals surface area (Å²) in [5.41, 5.74) is 0.827. The van der Waals surface area contributed by atoms with Gasteiger partial charge in [-0.3, -0.25) is 4.79 Å². The lowest BCUT2D eigenvalue weighted by Gasteiger charge is -2.32. The van der Waals surface area contributed by atoms with Gasteiger partial charge in [0, 0.05) is 6.04 Å². The number of carbonyl (C=O) groups excluding carboxylic acids is 1. The lowest BCUT2D eigenvalue weighted by Crippen LogP contribution is -2.40. The predicted octanol–water partition coefficient (Wildman–Crippen LogP) is 3.20. The van der Waals surface area contributed by atoms with Crippen LogP contribution in [0.3, 0.4) is 0 Å². The molecule has 0 aliphatic carbocycles. The van der Waals surface area contributed by atoms with E-state index in [9.17, 15) is 9.18 Å². The number of hydrogen-bond acceptors (Lipinski definition) is 3. The summed E-state index contributed by atoms with van der Waals surface area (Å²) < 4.78 is 19.4. The van der Waals surface area contributed by atoms with E-state index in [4.69, 9.17) is 4.74 Å². The second kappa shape index (κ2) is 6.35. The van der Waals surface area contributed by atoms with Crippen LogP contribution in [0.2, 0.25) is 0 Å². The molecule has 2 rings (SSSR count). The van der Waals surface area contributed by atoms with Gasteiger partial charge in [0.25, 0.3) is 0 Å². The Balaban J connectivity index is 2.12. The molecule has 0 aromatic heterocycles. The molecule has 0 radical (unpaired) electrons. The molecule has 1 unspecified atom stereocenters.